The number of rotatable bonds is 1. The van der Waals surface area contributed by atoms with Gasteiger partial charge in [-0.3, -0.25) is 0 Å². The van der Waals surface area contributed by atoms with Gasteiger partial charge >= 0.3 is 74.1 Å². The molecule has 2 nitrogen and oxygen atoms in total. The van der Waals surface area contributed by atoms with E-state index in [1.165, 1.54) is 0 Å². The molecule has 0 atom stereocenters. The topological polar surface area (TPSA) is 52.0 Å². The summed E-state index contributed by atoms with van der Waals surface area (Å²) in [4.78, 5) is 0. The average molecular weight is 344 g/mol. The SMILES string of the molecule is NC1CC[C](N)([Pt][Cl])CC1. The number of nitrogens with two attached hydrogens (primary N) is 2. The zero-order chi connectivity index (χ0) is 7.61. The van der Waals surface area contributed by atoms with Crippen molar-refractivity contribution in [3.8, 4) is 0 Å². The molecule has 0 aliphatic heterocycles. The van der Waals surface area contributed by atoms with Crippen molar-refractivity contribution in [3.05, 3.63) is 0 Å². The predicted octanol–water partition coefficient (Wildman–Crippen LogP) is 0.779. The second kappa shape index (κ2) is 3.53. The van der Waals surface area contributed by atoms with Gasteiger partial charge in [0.2, 0.25) is 0 Å². The fraction of sp³-hybridized carbons (Fsp3) is 1.00. The summed E-state index contributed by atoms with van der Waals surface area (Å²) in [5.41, 5.74) is 11.7. The molecule has 0 heterocycles. The molecule has 4 heteroatoms. The molecule has 1 saturated carbocycles. The van der Waals surface area contributed by atoms with E-state index in [-0.39, 0.29) is 21.4 Å². The second-order valence-electron chi connectivity index (χ2n) is 2.87. The summed E-state index contributed by atoms with van der Waals surface area (Å²) < 4.78 is -0.00255. The van der Waals surface area contributed by atoms with Crippen LogP contribution in [-0.4, -0.2) is 9.97 Å². The van der Waals surface area contributed by atoms with Gasteiger partial charge in [-0.1, -0.05) is 0 Å². The molecule has 0 aromatic rings. The maximum atomic E-state index is 5.98. The first-order chi connectivity index (χ1) is 4.66. The Balaban J connectivity index is 2.38. The molecular formula is C6H13ClN2Pt. The average Bonchev–Trinajstić information content (AvgIpc) is 1.96. The van der Waals surface area contributed by atoms with Crippen LogP contribution in [0.15, 0.2) is 0 Å². The van der Waals surface area contributed by atoms with Crippen LogP contribution in [0.5, 0.6) is 0 Å². The van der Waals surface area contributed by atoms with Crippen LogP contribution >= 0.6 is 9.42 Å². The molecule has 0 spiro atoms. The Morgan fingerprint density at radius 3 is 2.30 bits per heavy atom. The van der Waals surface area contributed by atoms with Crippen LogP contribution in [0.1, 0.15) is 25.7 Å². The van der Waals surface area contributed by atoms with Crippen LogP contribution in [0.3, 0.4) is 0 Å². The standard InChI is InChI=1S/C6H13N2.ClH.Pt/c7-5-1-2-6(8)4-3-5;;/h5H,1-4,7-8H2;1H;/q;;+1/p-1. The molecule has 0 radical (unpaired) electrons. The van der Waals surface area contributed by atoms with E-state index >= 15 is 0 Å². The summed E-state index contributed by atoms with van der Waals surface area (Å²) in [6, 6.07) is 0.379. The summed E-state index contributed by atoms with van der Waals surface area (Å²) in [6.45, 7) is 0. The molecule has 0 saturated heterocycles. The summed E-state index contributed by atoms with van der Waals surface area (Å²) in [6.07, 6.45) is 4.18. The van der Waals surface area contributed by atoms with Gasteiger partial charge in [0.25, 0.3) is 0 Å². The van der Waals surface area contributed by atoms with Crippen molar-refractivity contribution in [2.75, 3.05) is 0 Å². The van der Waals surface area contributed by atoms with Crippen LogP contribution < -0.4 is 11.5 Å². The zero-order valence-corrected chi connectivity index (χ0v) is 8.78. The Morgan fingerprint density at radius 1 is 1.40 bits per heavy atom. The normalized spacial score (nSPS) is 42.1. The van der Waals surface area contributed by atoms with Crippen molar-refractivity contribution in [2.45, 2.75) is 35.7 Å². The monoisotopic (exact) mass is 343 g/mol. The molecule has 0 bridgehead atoms. The van der Waals surface area contributed by atoms with Gasteiger partial charge in [-0.05, 0) is 0 Å². The van der Waals surface area contributed by atoms with E-state index in [1.807, 2.05) is 0 Å². The van der Waals surface area contributed by atoms with Crippen molar-refractivity contribution in [3.63, 3.8) is 0 Å². The van der Waals surface area contributed by atoms with Gasteiger partial charge in [0.15, 0.2) is 0 Å². The summed E-state index contributed by atoms with van der Waals surface area (Å²) in [5, 5.41) is 0. The van der Waals surface area contributed by atoms with Gasteiger partial charge < -0.3 is 0 Å². The molecule has 0 aromatic heterocycles. The molecule has 1 aliphatic rings. The van der Waals surface area contributed by atoms with Gasteiger partial charge in [0.1, 0.15) is 0 Å². The molecular weight excluding hydrogens is 331 g/mol. The number of hydrogen-bond donors (Lipinski definition) is 2. The van der Waals surface area contributed by atoms with Gasteiger partial charge in [-0.25, -0.2) is 0 Å². The fourth-order valence-electron chi connectivity index (χ4n) is 1.16. The first-order valence-electron chi connectivity index (χ1n) is 3.42. The Hall–Kier alpha value is 0.898. The molecule has 4 N–H and O–H groups in total. The van der Waals surface area contributed by atoms with Crippen LogP contribution in [0.2, 0.25) is 0 Å². The molecule has 64 valence electrons. The van der Waals surface area contributed by atoms with Crippen molar-refractivity contribution >= 4 is 9.42 Å². The zero-order valence-electron chi connectivity index (χ0n) is 5.75. The third kappa shape index (κ3) is 2.20. The summed E-state index contributed by atoms with van der Waals surface area (Å²) >= 11 is -0.331. The summed E-state index contributed by atoms with van der Waals surface area (Å²) in [7, 11) is 5.81. The van der Waals surface area contributed by atoms with Gasteiger partial charge in [0, 0.05) is 0 Å². The predicted molar refractivity (Wildman–Crippen MR) is 39.2 cm³/mol. The van der Waals surface area contributed by atoms with E-state index in [4.69, 9.17) is 20.9 Å². The molecule has 1 aliphatic carbocycles. The first-order valence-corrected chi connectivity index (χ1v) is 7.37. The van der Waals surface area contributed by atoms with E-state index in [0.717, 1.165) is 25.7 Å². The van der Waals surface area contributed by atoms with Crippen LogP contribution in [0.25, 0.3) is 0 Å². The van der Waals surface area contributed by atoms with Crippen LogP contribution in [0, 0.1) is 0 Å². The van der Waals surface area contributed by atoms with Crippen LogP contribution in [-0.2, 0) is 17.5 Å². The van der Waals surface area contributed by atoms with Crippen LogP contribution in [0.4, 0.5) is 0 Å². The Kier molecular flexibility index (Phi) is 3.17. The van der Waals surface area contributed by atoms with Gasteiger partial charge in [-0.2, -0.15) is 0 Å². The molecule has 1 rings (SSSR count). The van der Waals surface area contributed by atoms with E-state index in [1.54, 1.807) is 0 Å². The minimum atomic E-state index is -0.331. The molecule has 0 aromatic carbocycles. The third-order valence-electron chi connectivity index (χ3n) is 1.95. The minimum absolute atomic E-state index is 0.00255. The van der Waals surface area contributed by atoms with E-state index < -0.39 is 0 Å². The molecule has 0 amide bonds. The van der Waals surface area contributed by atoms with Gasteiger partial charge in [-0.15, -0.1) is 0 Å². The van der Waals surface area contributed by atoms with E-state index in [9.17, 15) is 0 Å². The Bertz CT molecular complexity index is 112. The number of halogens is 1. The quantitative estimate of drug-likeness (QED) is 0.739. The summed E-state index contributed by atoms with van der Waals surface area (Å²) in [5.74, 6) is 0. The third-order valence-corrected chi connectivity index (χ3v) is 5.89. The van der Waals surface area contributed by atoms with Crippen molar-refractivity contribution in [1.82, 2.24) is 0 Å². The van der Waals surface area contributed by atoms with Gasteiger partial charge in [0.05, 0.1) is 0 Å². The second-order valence-corrected chi connectivity index (χ2v) is 6.54. The molecule has 0 unspecified atom stereocenters. The van der Waals surface area contributed by atoms with E-state index in [0.29, 0.717) is 6.04 Å². The Morgan fingerprint density at radius 2 is 1.90 bits per heavy atom. The van der Waals surface area contributed by atoms with Crippen molar-refractivity contribution < 1.29 is 17.5 Å². The first kappa shape index (κ1) is 8.99. The maximum absolute atomic E-state index is 5.98. The molecule has 10 heavy (non-hydrogen) atoms. The number of hydrogen-bond acceptors (Lipinski definition) is 2. The molecule has 1 fully saturated rings. The fourth-order valence-corrected chi connectivity index (χ4v) is 3.23. The Labute approximate surface area is 74.1 Å². The van der Waals surface area contributed by atoms with Crippen molar-refractivity contribution in [2.24, 2.45) is 11.5 Å². The van der Waals surface area contributed by atoms with E-state index in [2.05, 4.69) is 0 Å². The van der Waals surface area contributed by atoms with Crippen molar-refractivity contribution in [1.29, 1.82) is 0 Å².